The minimum Gasteiger partial charge on any atom is -0.355 e. The zero-order chi connectivity index (χ0) is 18.5. The molecule has 0 fully saturated rings. The zero-order valence-corrected chi connectivity index (χ0v) is 16.5. The largest absolute Gasteiger partial charge is 0.355 e. The van der Waals surface area contributed by atoms with Crippen molar-refractivity contribution in [3.05, 3.63) is 64.9 Å². The maximum Gasteiger partial charge on any atom is 0.0499 e. The molecule has 1 heterocycles. The molecular weight excluding hydrogens is 290 g/mol. The molecule has 0 unspecified atom stereocenters. The number of H-pyrrole nitrogens is 1. The molecule has 1 aromatic heterocycles. The number of hydrogen-bond acceptors (Lipinski definition) is 0. The Bertz CT molecular complexity index is 693. The normalized spacial score (nSPS) is 14.6. The Hall–Kier alpha value is -2.02. The van der Waals surface area contributed by atoms with Crippen molar-refractivity contribution in [2.45, 2.75) is 60.8 Å². The highest BCUT2D eigenvalue weighted by Crippen LogP contribution is 2.29. The molecule has 1 heteroatoms. The second kappa shape index (κ2) is 12.4. The minimum atomic E-state index is 1.07. The number of rotatable bonds is 3. The van der Waals surface area contributed by atoms with Gasteiger partial charge in [-0.3, -0.25) is 0 Å². The van der Waals surface area contributed by atoms with Gasteiger partial charge in [-0.1, -0.05) is 83.7 Å². The van der Waals surface area contributed by atoms with Crippen LogP contribution < -0.4 is 10.6 Å². The summed E-state index contributed by atoms with van der Waals surface area (Å²) in [6.07, 6.45) is 15.7. The van der Waals surface area contributed by atoms with Crippen molar-refractivity contribution in [2.75, 3.05) is 0 Å². The van der Waals surface area contributed by atoms with Crippen molar-refractivity contribution >= 4 is 17.7 Å². The monoisotopic (exact) mass is 325 g/mol. The van der Waals surface area contributed by atoms with Crippen molar-refractivity contribution in [1.29, 1.82) is 0 Å². The summed E-state index contributed by atoms with van der Waals surface area (Å²) in [5.74, 6) is 0. The average Bonchev–Trinajstić information content (AvgIpc) is 2.96. The van der Waals surface area contributed by atoms with Crippen LogP contribution in [0.1, 0.15) is 65.6 Å². The van der Waals surface area contributed by atoms with Gasteiger partial charge in [0.05, 0.1) is 0 Å². The van der Waals surface area contributed by atoms with E-state index in [1.54, 1.807) is 0 Å². The first-order chi connectivity index (χ1) is 11.7. The van der Waals surface area contributed by atoms with E-state index in [9.17, 15) is 0 Å². The fraction of sp³-hybridized carbons (Fsp3) is 0.391. The van der Waals surface area contributed by atoms with Crippen LogP contribution in [0.15, 0.2) is 43.0 Å². The van der Waals surface area contributed by atoms with Gasteiger partial charge in [0.1, 0.15) is 0 Å². The molecule has 0 spiro atoms. The summed E-state index contributed by atoms with van der Waals surface area (Å²) in [5, 5.41) is 2.44. The first kappa shape index (κ1) is 22.0. The van der Waals surface area contributed by atoms with Gasteiger partial charge < -0.3 is 4.98 Å². The van der Waals surface area contributed by atoms with Crippen LogP contribution in [0.5, 0.6) is 0 Å². The fourth-order valence-electron chi connectivity index (χ4n) is 2.76. The van der Waals surface area contributed by atoms with Crippen molar-refractivity contribution in [3.63, 3.8) is 0 Å². The molecule has 0 aromatic carbocycles. The Morgan fingerprint density at radius 2 is 1.71 bits per heavy atom. The van der Waals surface area contributed by atoms with Gasteiger partial charge >= 0.3 is 0 Å². The van der Waals surface area contributed by atoms with Crippen LogP contribution in [-0.2, 0) is 6.42 Å². The van der Waals surface area contributed by atoms with E-state index < -0.39 is 0 Å². The summed E-state index contributed by atoms with van der Waals surface area (Å²) in [5.41, 5.74) is 5.19. The number of nitrogens with one attached hydrogen (secondary N) is 1. The third kappa shape index (κ3) is 5.26. The molecular formula is C23H35N. The van der Waals surface area contributed by atoms with Gasteiger partial charge in [-0.2, -0.15) is 0 Å². The molecule has 1 nitrogen and oxygen atoms in total. The van der Waals surface area contributed by atoms with E-state index in [0.717, 1.165) is 12.8 Å². The summed E-state index contributed by atoms with van der Waals surface area (Å²) < 4.78 is 0. The highest BCUT2D eigenvalue weighted by atomic mass is 14.7. The van der Waals surface area contributed by atoms with Gasteiger partial charge in [0, 0.05) is 21.8 Å². The summed E-state index contributed by atoms with van der Waals surface area (Å²) in [7, 11) is 0. The topological polar surface area (TPSA) is 15.8 Å². The van der Waals surface area contributed by atoms with E-state index in [4.69, 9.17) is 0 Å². The molecule has 1 aliphatic rings. The number of fused-ring (bicyclic) bond motifs is 1. The standard InChI is InChI=1S/C18H21N.C3H8.C2H6/c1-5-9-13-11-12-16-15(10-6-2)17(8-4)19-18(16)14(13)7-3;1-3-2;1-2/h5-10,19H,2-3,11-12H2,1,4H3;3H2,1-2H3;1-2H3/b9-5-,15-10-,17-8+;;. The van der Waals surface area contributed by atoms with Crippen LogP contribution in [0.2, 0.25) is 0 Å². The number of aromatic amines is 1. The van der Waals surface area contributed by atoms with E-state index >= 15 is 0 Å². The summed E-state index contributed by atoms with van der Waals surface area (Å²) in [6, 6.07) is 0. The van der Waals surface area contributed by atoms with Crippen molar-refractivity contribution in [3.8, 4) is 0 Å². The van der Waals surface area contributed by atoms with E-state index in [2.05, 4.69) is 70.1 Å². The van der Waals surface area contributed by atoms with E-state index in [0.29, 0.717) is 0 Å². The maximum atomic E-state index is 3.97. The molecule has 0 bridgehead atoms. The SMILES string of the molecule is C=C/C=c1/c2c([nH]/c1=C/C)C(C=C)=C(/C=C\C)CC2.CC.CCC. The van der Waals surface area contributed by atoms with Crippen LogP contribution in [0.25, 0.3) is 17.7 Å². The highest BCUT2D eigenvalue weighted by Gasteiger charge is 2.18. The maximum absolute atomic E-state index is 3.97. The van der Waals surface area contributed by atoms with E-state index in [-0.39, 0.29) is 0 Å². The Morgan fingerprint density at radius 1 is 1.08 bits per heavy atom. The second-order valence-electron chi connectivity index (χ2n) is 5.35. The predicted molar refractivity (Wildman–Crippen MR) is 112 cm³/mol. The minimum absolute atomic E-state index is 1.07. The lowest BCUT2D eigenvalue weighted by molar-refractivity contribution is 0.936. The molecule has 0 aliphatic heterocycles. The summed E-state index contributed by atoms with van der Waals surface area (Å²) in [4.78, 5) is 3.53. The van der Waals surface area contributed by atoms with Gasteiger partial charge in [0.2, 0.25) is 0 Å². The molecule has 132 valence electrons. The third-order valence-electron chi connectivity index (χ3n) is 3.58. The van der Waals surface area contributed by atoms with Crippen molar-refractivity contribution in [2.24, 2.45) is 0 Å². The Labute approximate surface area is 148 Å². The van der Waals surface area contributed by atoms with Gasteiger partial charge in [-0.05, 0) is 37.8 Å². The Morgan fingerprint density at radius 3 is 2.17 bits per heavy atom. The Balaban J connectivity index is 0.000000952. The number of hydrogen-bond donors (Lipinski definition) is 1. The lowest BCUT2D eigenvalue weighted by Crippen LogP contribution is -2.24. The zero-order valence-electron chi connectivity index (χ0n) is 16.5. The van der Waals surface area contributed by atoms with Crippen molar-refractivity contribution in [1.82, 2.24) is 4.98 Å². The first-order valence-corrected chi connectivity index (χ1v) is 9.16. The van der Waals surface area contributed by atoms with E-state index in [1.807, 2.05) is 26.0 Å². The van der Waals surface area contributed by atoms with Crippen LogP contribution >= 0.6 is 0 Å². The molecule has 0 amide bonds. The molecule has 1 aliphatic carbocycles. The molecule has 2 rings (SSSR count). The molecule has 0 saturated carbocycles. The van der Waals surface area contributed by atoms with Crippen molar-refractivity contribution < 1.29 is 0 Å². The molecule has 0 atom stereocenters. The second-order valence-corrected chi connectivity index (χ2v) is 5.35. The van der Waals surface area contributed by atoms with Crippen LogP contribution in [0.3, 0.4) is 0 Å². The number of allylic oxidation sites excluding steroid dienone is 6. The smallest absolute Gasteiger partial charge is 0.0499 e. The lowest BCUT2D eigenvalue weighted by atomic mass is 9.89. The van der Waals surface area contributed by atoms with Gasteiger partial charge in [-0.15, -0.1) is 0 Å². The van der Waals surface area contributed by atoms with Crippen LogP contribution in [0, 0.1) is 0 Å². The molecule has 1 aromatic rings. The van der Waals surface area contributed by atoms with Gasteiger partial charge in [0.15, 0.2) is 0 Å². The molecule has 0 saturated heterocycles. The Kier molecular flexibility index (Phi) is 11.4. The molecule has 1 N–H and O–H groups in total. The molecule has 24 heavy (non-hydrogen) atoms. The van der Waals surface area contributed by atoms with Gasteiger partial charge in [-0.25, -0.2) is 0 Å². The highest BCUT2D eigenvalue weighted by molar-refractivity contribution is 5.80. The quantitative estimate of drug-likeness (QED) is 0.735. The van der Waals surface area contributed by atoms with E-state index in [1.165, 1.54) is 39.4 Å². The van der Waals surface area contributed by atoms with Gasteiger partial charge in [0.25, 0.3) is 0 Å². The number of aromatic nitrogens is 1. The van der Waals surface area contributed by atoms with Crippen LogP contribution in [0.4, 0.5) is 0 Å². The molecule has 0 radical (unpaired) electrons. The predicted octanol–water partition coefficient (Wildman–Crippen LogP) is 5.69. The third-order valence-corrected chi connectivity index (χ3v) is 3.58. The first-order valence-electron chi connectivity index (χ1n) is 9.16. The fourth-order valence-corrected chi connectivity index (χ4v) is 2.76. The van der Waals surface area contributed by atoms with Crippen LogP contribution in [-0.4, -0.2) is 4.98 Å². The summed E-state index contributed by atoms with van der Waals surface area (Å²) in [6.45, 7) is 20.2. The summed E-state index contributed by atoms with van der Waals surface area (Å²) >= 11 is 0. The lowest BCUT2D eigenvalue weighted by Gasteiger charge is -2.16. The average molecular weight is 326 g/mol.